The molecule has 1 aromatic rings. The van der Waals surface area contributed by atoms with Gasteiger partial charge >= 0.3 is 5.69 Å². The lowest BCUT2D eigenvalue weighted by molar-refractivity contribution is -0.0610. The second kappa shape index (κ2) is 4.08. The molecular formula is C10H13FN2O4. The Morgan fingerprint density at radius 3 is 2.94 bits per heavy atom. The molecule has 7 heteroatoms. The third-order valence-corrected chi connectivity index (χ3v) is 2.77. The smallest absolute Gasteiger partial charge is 0.330 e. The van der Waals surface area contributed by atoms with E-state index in [0.717, 1.165) is 10.6 Å². The van der Waals surface area contributed by atoms with Crippen molar-refractivity contribution in [2.45, 2.75) is 31.3 Å². The minimum absolute atomic E-state index is 0.000265. The normalized spacial score (nSPS) is 32.9. The van der Waals surface area contributed by atoms with Crippen LogP contribution >= 0.6 is 0 Å². The number of aliphatic hydroxyl groups is 1. The number of rotatable bonds is 2. The van der Waals surface area contributed by atoms with Gasteiger partial charge in [-0.1, -0.05) is 0 Å². The second-order valence-corrected chi connectivity index (χ2v) is 4.29. The van der Waals surface area contributed by atoms with Gasteiger partial charge in [0, 0.05) is 18.7 Å². The first-order valence-corrected chi connectivity index (χ1v) is 5.21. The lowest BCUT2D eigenvalue weighted by Crippen LogP contribution is -2.38. The Labute approximate surface area is 95.7 Å². The highest BCUT2D eigenvalue weighted by Gasteiger charge is 2.47. The number of ether oxygens (including phenoxy) is 1. The molecule has 0 spiro atoms. The zero-order valence-corrected chi connectivity index (χ0v) is 9.22. The SMILES string of the molecule is C[C@@]1(F)C[C@@H](CO)O[C@H]1n1ccc(=O)[nH]c1=O. The molecule has 0 bridgehead atoms. The molecule has 2 heterocycles. The van der Waals surface area contributed by atoms with Crippen LogP contribution in [0.3, 0.4) is 0 Å². The number of aliphatic hydroxyl groups excluding tert-OH is 1. The minimum Gasteiger partial charge on any atom is -0.394 e. The van der Waals surface area contributed by atoms with E-state index in [1.54, 1.807) is 0 Å². The molecule has 2 rings (SSSR count). The van der Waals surface area contributed by atoms with Crippen LogP contribution in [-0.2, 0) is 4.74 Å². The van der Waals surface area contributed by atoms with Crippen LogP contribution in [0.1, 0.15) is 19.6 Å². The van der Waals surface area contributed by atoms with Crippen molar-refractivity contribution in [3.8, 4) is 0 Å². The maximum atomic E-state index is 14.2. The molecule has 94 valence electrons. The molecular weight excluding hydrogens is 231 g/mol. The molecule has 0 aromatic carbocycles. The molecule has 0 unspecified atom stereocenters. The summed E-state index contributed by atoms with van der Waals surface area (Å²) in [5, 5.41) is 8.94. The highest BCUT2D eigenvalue weighted by molar-refractivity contribution is 4.95. The summed E-state index contributed by atoms with van der Waals surface area (Å²) in [5.41, 5.74) is -3.05. The summed E-state index contributed by atoms with van der Waals surface area (Å²) in [6.07, 6.45) is -0.596. The lowest BCUT2D eigenvalue weighted by Gasteiger charge is -2.22. The Balaban J connectivity index is 2.40. The van der Waals surface area contributed by atoms with E-state index in [0.29, 0.717) is 0 Å². The number of alkyl halides is 1. The number of hydrogen-bond acceptors (Lipinski definition) is 4. The van der Waals surface area contributed by atoms with Gasteiger partial charge in [-0.15, -0.1) is 0 Å². The van der Waals surface area contributed by atoms with E-state index in [1.807, 2.05) is 4.98 Å². The van der Waals surface area contributed by atoms with E-state index in [4.69, 9.17) is 9.84 Å². The minimum atomic E-state index is -1.77. The third kappa shape index (κ3) is 2.16. The number of nitrogens with one attached hydrogen (secondary N) is 1. The summed E-state index contributed by atoms with van der Waals surface area (Å²) in [6.45, 7) is 0.985. The van der Waals surface area contributed by atoms with Crippen LogP contribution in [0.5, 0.6) is 0 Å². The zero-order valence-electron chi connectivity index (χ0n) is 9.22. The van der Waals surface area contributed by atoms with Crippen LogP contribution in [0.25, 0.3) is 0 Å². The van der Waals surface area contributed by atoms with Gasteiger partial charge in [-0.2, -0.15) is 0 Å². The van der Waals surface area contributed by atoms with Crippen molar-refractivity contribution in [2.75, 3.05) is 6.61 Å². The Morgan fingerprint density at radius 2 is 2.41 bits per heavy atom. The van der Waals surface area contributed by atoms with Crippen molar-refractivity contribution >= 4 is 0 Å². The van der Waals surface area contributed by atoms with Gasteiger partial charge in [0.05, 0.1) is 12.7 Å². The van der Waals surface area contributed by atoms with Gasteiger partial charge in [-0.25, -0.2) is 9.18 Å². The van der Waals surface area contributed by atoms with Crippen LogP contribution < -0.4 is 11.2 Å². The van der Waals surface area contributed by atoms with Crippen molar-refractivity contribution in [2.24, 2.45) is 0 Å². The first kappa shape index (κ1) is 12.0. The van der Waals surface area contributed by atoms with Gasteiger partial charge in [0.15, 0.2) is 11.9 Å². The number of hydrogen-bond donors (Lipinski definition) is 2. The summed E-state index contributed by atoms with van der Waals surface area (Å²) in [5.74, 6) is 0. The van der Waals surface area contributed by atoms with E-state index in [2.05, 4.69) is 0 Å². The van der Waals surface area contributed by atoms with Crippen LogP contribution in [0.4, 0.5) is 4.39 Å². The van der Waals surface area contributed by atoms with Crippen molar-refractivity contribution < 1.29 is 14.2 Å². The van der Waals surface area contributed by atoms with E-state index < -0.39 is 29.2 Å². The van der Waals surface area contributed by atoms with Crippen molar-refractivity contribution in [1.82, 2.24) is 9.55 Å². The van der Waals surface area contributed by atoms with Crippen LogP contribution in [0, 0.1) is 0 Å². The summed E-state index contributed by atoms with van der Waals surface area (Å²) in [7, 11) is 0. The van der Waals surface area contributed by atoms with Gasteiger partial charge in [-0.3, -0.25) is 14.3 Å². The third-order valence-electron chi connectivity index (χ3n) is 2.77. The van der Waals surface area contributed by atoms with Crippen LogP contribution in [0.15, 0.2) is 21.9 Å². The van der Waals surface area contributed by atoms with E-state index in [-0.39, 0.29) is 13.0 Å². The fraction of sp³-hybridized carbons (Fsp3) is 0.600. The van der Waals surface area contributed by atoms with Crippen molar-refractivity contribution in [1.29, 1.82) is 0 Å². The Kier molecular flexibility index (Phi) is 2.88. The molecule has 17 heavy (non-hydrogen) atoms. The quantitative estimate of drug-likeness (QED) is 0.737. The average molecular weight is 244 g/mol. The van der Waals surface area contributed by atoms with Gasteiger partial charge in [0.2, 0.25) is 0 Å². The molecule has 0 saturated carbocycles. The number of H-pyrrole nitrogens is 1. The Hall–Kier alpha value is -1.47. The maximum absolute atomic E-state index is 14.2. The number of halogens is 1. The van der Waals surface area contributed by atoms with Gasteiger partial charge in [0.1, 0.15) is 0 Å². The van der Waals surface area contributed by atoms with Crippen LogP contribution in [-0.4, -0.2) is 33.0 Å². The molecule has 0 radical (unpaired) electrons. The molecule has 6 nitrogen and oxygen atoms in total. The van der Waals surface area contributed by atoms with Gasteiger partial charge in [-0.05, 0) is 6.92 Å². The molecule has 1 fully saturated rings. The zero-order chi connectivity index (χ0) is 12.6. The summed E-state index contributed by atoms with van der Waals surface area (Å²) in [6, 6.07) is 1.12. The summed E-state index contributed by atoms with van der Waals surface area (Å²) >= 11 is 0. The molecule has 3 atom stereocenters. The number of aromatic amines is 1. The Bertz CT molecular complexity index is 522. The molecule has 0 aliphatic carbocycles. The van der Waals surface area contributed by atoms with Crippen molar-refractivity contribution in [3.05, 3.63) is 33.1 Å². The molecule has 1 aromatic heterocycles. The predicted octanol–water partition coefficient (Wildman–Crippen LogP) is -0.455. The average Bonchev–Trinajstić information content (AvgIpc) is 2.54. The topological polar surface area (TPSA) is 84.3 Å². The summed E-state index contributed by atoms with van der Waals surface area (Å²) in [4.78, 5) is 24.4. The van der Waals surface area contributed by atoms with E-state index in [1.165, 1.54) is 13.1 Å². The number of nitrogens with zero attached hydrogens (tertiary/aromatic N) is 1. The largest absolute Gasteiger partial charge is 0.394 e. The second-order valence-electron chi connectivity index (χ2n) is 4.29. The summed E-state index contributed by atoms with van der Waals surface area (Å²) < 4.78 is 20.4. The molecule has 1 saturated heterocycles. The van der Waals surface area contributed by atoms with Gasteiger partial charge < -0.3 is 9.84 Å². The van der Waals surface area contributed by atoms with Gasteiger partial charge in [0.25, 0.3) is 5.56 Å². The number of aromatic nitrogens is 2. The van der Waals surface area contributed by atoms with Crippen LogP contribution in [0.2, 0.25) is 0 Å². The standard InChI is InChI=1S/C10H13FN2O4/c1-10(11)4-6(5-14)17-8(10)13-3-2-7(15)12-9(13)16/h2-3,6,8,14H,4-5H2,1H3,(H,12,15,16)/t6-,8+,10+/m0/s1. The van der Waals surface area contributed by atoms with Crippen molar-refractivity contribution in [3.63, 3.8) is 0 Å². The first-order chi connectivity index (χ1) is 7.94. The monoisotopic (exact) mass is 244 g/mol. The fourth-order valence-corrected chi connectivity index (χ4v) is 1.99. The molecule has 0 amide bonds. The predicted molar refractivity (Wildman–Crippen MR) is 56.4 cm³/mol. The fourth-order valence-electron chi connectivity index (χ4n) is 1.99. The molecule has 2 N–H and O–H groups in total. The Morgan fingerprint density at radius 1 is 1.71 bits per heavy atom. The van der Waals surface area contributed by atoms with E-state index in [9.17, 15) is 14.0 Å². The molecule has 1 aliphatic heterocycles. The highest BCUT2D eigenvalue weighted by Crippen LogP contribution is 2.39. The highest BCUT2D eigenvalue weighted by atomic mass is 19.1. The lowest BCUT2D eigenvalue weighted by atomic mass is 10.0. The maximum Gasteiger partial charge on any atom is 0.330 e. The first-order valence-electron chi connectivity index (χ1n) is 5.21. The van der Waals surface area contributed by atoms with E-state index >= 15 is 0 Å². The molecule has 1 aliphatic rings.